The van der Waals surface area contributed by atoms with Crippen molar-refractivity contribution in [3.8, 4) is 0 Å². The molecular weight excluding hydrogens is 274 g/mol. The summed E-state index contributed by atoms with van der Waals surface area (Å²) < 4.78 is 22.5. The molecule has 1 heterocycles. The first-order valence-electron chi connectivity index (χ1n) is 5.69. The molecule has 0 N–H and O–H groups in total. The summed E-state index contributed by atoms with van der Waals surface area (Å²) in [6.45, 7) is 4.52. The van der Waals surface area contributed by atoms with Gasteiger partial charge in [-0.15, -0.1) is 0 Å². The third kappa shape index (κ3) is 2.37. The van der Waals surface area contributed by atoms with Gasteiger partial charge in [0.25, 0.3) is 15.0 Å². The summed E-state index contributed by atoms with van der Waals surface area (Å²) in [5.41, 5.74) is 1.32. The van der Waals surface area contributed by atoms with Crippen molar-refractivity contribution in [3.63, 3.8) is 0 Å². The van der Waals surface area contributed by atoms with Crippen molar-refractivity contribution in [2.45, 2.75) is 31.2 Å². The van der Waals surface area contributed by atoms with E-state index in [4.69, 9.17) is 10.7 Å². The van der Waals surface area contributed by atoms with Gasteiger partial charge in [-0.25, -0.2) is 8.42 Å². The summed E-state index contributed by atoms with van der Waals surface area (Å²) in [6, 6.07) is 4.56. The molecule has 0 bridgehead atoms. The van der Waals surface area contributed by atoms with E-state index >= 15 is 0 Å². The van der Waals surface area contributed by atoms with Crippen LogP contribution in [0.2, 0.25) is 0 Å². The summed E-state index contributed by atoms with van der Waals surface area (Å²) in [7, 11) is 1.56. The van der Waals surface area contributed by atoms with Gasteiger partial charge in [0.15, 0.2) is 0 Å². The molecule has 1 aromatic rings. The molecule has 0 saturated carbocycles. The van der Waals surface area contributed by atoms with Crippen LogP contribution >= 0.6 is 10.7 Å². The summed E-state index contributed by atoms with van der Waals surface area (Å²) in [5, 5.41) is 0. The Morgan fingerprint density at radius 2 is 2.00 bits per heavy atom. The van der Waals surface area contributed by atoms with Crippen LogP contribution in [-0.4, -0.2) is 31.8 Å². The third-order valence-electron chi connectivity index (χ3n) is 3.09. The van der Waals surface area contributed by atoms with Crippen LogP contribution in [0.5, 0.6) is 0 Å². The van der Waals surface area contributed by atoms with Gasteiger partial charge in [-0.1, -0.05) is 0 Å². The maximum absolute atomic E-state index is 12.2. The van der Waals surface area contributed by atoms with Crippen LogP contribution in [0.3, 0.4) is 0 Å². The highest BCUT2D eigenvalue weighted by molar-refractivity contribution is 8.13. The lowest BCUT2D eigenvalue weighted by atomic mass is 9.98. The van der Waals surface area contributed by atoms with E-state index in [9.17, 15) is 13.2 Å². The largest absolute Gasteiger partial charge is 0.336 e. The number of hydrogen-bond donors (Lipinski definition) is 0. The fraction of sp³-hybridized carbons (Fsp3) is 0.417. The quantitative estimate of drug-likeness (QED) is 0.782. The van der Waals surface area contributed by atoms with Crippen molar-refractivity contribution in [3.05, 3.63) is 29.3 Å². The van der Waals surface area contributed by atoms with Gasteiger partial charge in [-0.05, 0) is 44.0 Å². The zero-order chi connectivity index (χ0) is 13.5. The zero-order valence-electron chi connectivity index (χ0n) is 10.2. The molecule has 18 heavy (non-hydrogen) atoms. The van der Waals surface area contributed by atoms with Crippen molar-refractivity contribution < 1.29 is 13.2 Å². The molecular formula is C12H14ClNO3S. The molecule has 1 aliphatic rings. The van der Waals surface area contributed by atoms with Gasteiger partial charge in [0, 0.05) is 28.8 Å². The first-order chi connectivity index (χ1) is 8.30. The normalized spacial score (nSPS) is 16.0. The minimum absolute atomic E-state index is 0.0497. The second-order valence-corrected chi connectivity index (χ2v) is 7.17. The number of fused-ring (bicyclic) bond motifs is 1. The van der Waals surface area contributed by atoms with Gasteiger partial charge in [0.2, 0.25) is 0 Å². The molecule has 6 heteroatoms. The molecule has 0 radical (unpaired) electrons. The average Bonchev–Trinajstić information content (AvgIpc) is 2.27. The highest BCUT2D eigenvalue weighted by Gasteiger charge is 2.27. The Kier molecular flexibility index (Phi) is 3.38. The molecule has 98 valence electrons. The van der Waals surface area contributed by atoms with E-state index in [1.54, 1.807) is 11.0 Å². The smallest absolute Gasteiger partial charge is 0.261 e. The molecule has 0 aromatic heterocycles. The van der Waals surface area contributed by atoms with Crippen LogP contribution in [0.15, 0.2) is 23.1 Å². The van der Waals surface area contributed by atoms with E-state index in [-0.39, 0.29) is 16.8 Å². The van der Waals surface area contributed by atoms with Crippen molar-refractivity contribution in [1.29, 1.82) is 0 Å². The predicted molar refractivity (Wildman–Crippen MR) is 69.4 cm³/mol. The SMILES string of the molecule is CC(C)N1CCc2cc(S(=O)(=O)Cl)ccc2C1=O. The topological polar surface area (TPSA) is 54.5 Å². The van der Waals surface area contributed by atoms with E-state index in [2.05, 4.69) is 0 Å². The molecule has 0 unspecified atom stereocenters. The van der Waals surface area contributed by atoms with Gasteiger partial charge in [-0.2, -0.15) is 0 Å². The summed E-state index contributed by atoms with van der Waals surface area (Å²) in [4.78, 5) is 14.0. The molecule has 0 aliphatic carbocycles. The third-order valence-corrected chi connectivity index (χ3v) is 4.45. The Morgan fingerprint density at radius 3 is 2.56 bits per heavy atom. The monoisotopic (exact) mass is 287 g/mol. The van der Waals surface area contributed by atoms with Crippen LogP contribution in [0.1, 0.15) is 29.8 Å². The number of nitrogens with zero attached hydrogens (tertiary/aromatic N) is 1. The molecule has 0 saturated heterocycles. The number of amides is 1. The Bertz CT molecular complexity index is 595. The minimum Gasteiger partial charge on any atom is -0.336 e. The molecule has 4 nitrogen and oxygen atoms in total. The van der Waals surface area contributed by atoms with Gasteiger partial charge in [0.1, 0.15) is 0 Å². The Hall–Kier alpha value is -1.07. The number of benzene rings is 1. The standard InChI is InChI=1S/C12H14ClNO3S/c1-8(2)14-6-5-9-7-10(18(13,16)17)3-4-11(9)12(14)15/h3-4,7-8H,5-6H2,1-2H3. The fourth-order valence-corrected chi connectivity index (χ4v) is 2.93. The Balaban J connectivity index is 2.45. The Morgan fingerprint density at radius 1 is 1.33 bits per heavy atom. The predicted octanol–water partition coefficient (Wildman–Crippen LogP) is 2.02. The first kappa shape index (κ1) is 13.4. The lowest BCUT2D eigenvalue weighted by Crippen LogP contribution is -2.42. The number of rotatable bonds is 2. The van der Waals surface area contributed by atoms with Crippen molar-refractivity contribution in [2.24, 2.45) is 0 Å². The summed E-state index contributed by atoms with van der Waals surface area (Å²) >= 11 is 0. The van der Waals surface area contributed by atoms with E-state index in [1.807, 2.05) is 13.8 Å². The van der Waals surface area contributed by atoms with Crippen LogP contribution in [0, 0.1) is 0 Å². The Labute approximate surface area is 111 Å². The minimum atomic E-state index is -3.74. The van der Waals surface area contributed by atoms with Gasteiger partial charge < -0.3 is 4.90 Å². The van der Waals surface area contributed by atoms with E-state index in [1.165, 1.54) is 12.1 Å². The molecule has 1 aliphatic heterocycles. The molecule has 0 fully saturated rings. The molecule has 1 amide bonds. The van der Waals surface area contributed by atoms with E-state index in [0.717, 1.165) is 5.56 Å². The van der Waals surface area contributed by atoms with Crippen molar-refractivity contribution in [1.82, 2.24) is 4.90 Å². The first-order valence-corrected chi connectivity index (χ1v) is 8.00. The van der Waals surface area contributed by atoms with Gasteiger partial charge >= 0.3 is 0 Å². The molecule has 1 aromatic carbocycles. The number of halogens is 1. The second-order valence-electron chi connectivity index (χ2n) is 4.60. The number of carbonyl (C=O) groups is 1. The van der Waals surface area contributed by atoms with Crippen molar-refractivity contribution in [2.75, 3.05) is 6.54 Å². The average molecular weight is 288 g/mol. The summed E-state index contributed by atoms with van der Waals surface area (Å²) in [6.07, 6.45) is 0.652. The maximum Gasteiger partial charge on any atom is 0.261 e. The highest BCUT2D eigenvalue weighted by atomic mass is 35.7. The summed E-state index contributed by atoms with van der Waals surface area (Å²) in [5.74, 6) is -0.0511. The van der Waals surface area contributed by atoms with Crippen LogP contribution in [0.25, 0.3) is 0 Å². The fourth-order valence-electron chi connectivity index (χ4n) is 2.13. The van der Waals surface area contributed by atoms with Crippen LogP contribution < -0.4 is 0 Å². The lowest BCUT2D eigenvalue weighted by Gasteiger charge is -2.31. The van der Waals surface area contributed by atoms with Crippen LogP contribution in [-0.2, 0) is 15.5 Å². The molecule has 0 spiro atoms. The van der Waals surface area contributed by atoms with Crippen LogP contribution in [0.4, 0.5) is 0 Å². The van der Waals surface area contributed by atoms with Gasteiger partial charge in [-0.3, -0.25) is 4.79 Å². The zero-order valence-corrected chi connectivity index (χ0v) is 11.8. The maximum atomic E-state index is 12.2. The second kappa shape index (κ2) is 4.55. The van der Waals surface area contributed by atoms with E-state index in [0.29, 0.717) is 18.5 Å². The molecule has 2 rings (SSSR count). The van der Waals surface area contributed by atoms with Gasteiger partial charge in [0.05, 0.1) is 4.90 Å². The highest BCUT2D eigenvalue weighted by Crippen LogP contribution is 2.25. The number of hydrogen-bond acceptors (Lipinski definition) is 3. The number of carbonyl (C=O) groups excluding carboxylic acids is 1. The molecule has 0 atom stereocenters. The lowest BCUT2D eigenvalue weighted by molar-refractivity contribution is 0.0688. The van der Waals surface area contributed by atoms with Crippen molar-refractivity contribution >= 4 is 25.6 Å². The van der Waals surface area contributed by atoms with E-state index < -0.39 is 9.05 Å².